The van der Waals surface area contributed by atoms with Gasteiger partial charge in [-0.3, -0.25) is 16.3 Å². The molecule has 1 aromatic heterocycles. The minimum absolute atomic E-state index is 0.301. The monoisotopic (exact) mass is 179 g/mol. The first kappa shape index (κ1) is 10.2. The van der Waals surface area contributed by atoms with Gasteiger partial charge in [0, 0.05) is 24.4 Å². The van der Waals surface area contributed by atoms with Crippen molar-refractivity contribution in [3.8, 4) is 0 Å². The van der Waals surface area contributed by atoms with Gasteiger partial charge in [-0.2, -0.15) is 0 Å². The zero-order valence-corrected chi connectivity index (χ0v) is 8.20. The molecule has 0 saturated heterocycles. The van der Waals surface area contributed by atoms with Gasteiger partial charge >= 0.3 is 0 Å². The molecule has 1 unspecified atom stereocenters. The third-order valence-electron chi connectivity index (χ3n) is 2.17. The number of pyridine rings is 1. The molecule has 0 bridgehead atoms. The maximum absolute atomic E-state index is 5.44. The molecule has 0 spiro atoms. The Kier molecular flexibility index (Phi) is 3.86. The highest BCUT2D eigenvalue weighted by atomic mass is 15.2. The van der Waals surface area contributed by atoms with Crippen LogP contribution in [0.15, 0.2) is 24.4 Å². The topological polar surface area (TPSA) is 50.9 Å². The Balaban J connectivity index is 2.57. The molecule has 3 nitrogen and oxygen atoms in total. The Labute approximate surface area is 79.3 Å². The third kappa shape index (κ3) is 3.13. The number of nitrogens with two attached hydrogens (primary N) is 1. The molecule has 1 heterocycles. The quantitative estimate of drug-likeness (QED) is 0.538. The largest absolute Gasteiger partial charge is 0.271 e. The first-order valence-corrected chi connectivity index (χ1v) is 4.60. The van der Waals surface area contributed by atoms with Crippen molar-refractivity contribution in [2.75, 3.05) is 0 Å². The molecule has 0 saturated carbocycles. The van der Waals surface area contributed by atoms with Gasteiger partial charge < -0.3 is 0 Å². The normalized spacial score (nSPS) is 13.2. The highest BCUT2D eigenvalue weighted by Gasteiger charge is 2.11. The van der Waals surface area contributed by atoms with Crippen LogP contribution >= 0.6 is 0 Å². The van der Waals surface area contributed by atoms with Gasteiger partial charge in [0.25, 0.3) is 0 Å². The van der Waals surface area contributed by atoms with Gasteiger partial charge in [-0.05, 0) is 18.1 Å². The standard InChI is InChI=1S/C10H17N3/c1-8(2)10(13-11)7-9-5-3-4-6-12-9/h3-6,8,10,13H,7,11H2,1-2H3. The molecule has 72 valence electrons. The summed E-state index contributed by atoms with van der Waals surface area (Å²) in [5.74, 6) is 5.96. The summed E-state index contributed by atoms with van der Waals surface area (Å²) in [6, 6.07) is 6.24. The maximum atomic E-state index is 5.44. The summed E-state index contributed by atoms with van der Waals surface area (Å²) in [5, 5.41) is 0. The van der Waals surface area contributed by atoms with E-state index in [1.807, 2.05) is 24.4 Å². The van der Waals surface area contributed by atoms with Gasteiger partial charge in [-0.15, -0.1) is 0 Å². The summed E-state index contributed by atoms with van der Waals surface area (Å²) in [4.78, 5) is 4.25. The van der Waals surface area contributed by atoms with Crippen molar-refractivity contribution in [1.29, 1.82) is 0 Å². The lowest BCUT2D eigenvalue weighted by molar-refractivity contribution is 0.401. The van der Waals surface area contributed by atoms with Crippen LogP contribution in [-0.2, 0) is 6.42 Å². The van der Waals surface area contributed by atoms with Crippen LogP contribution in [-0.4, -0.2) is 11.0 Å². The molecule has 0 fully saturated rings. The van der Waals surface area contributed by atoms with Gasteiger partial charge in [-0.1, -0.05) is 19.9 Å². The lowest BCUT2D eigenvalue weighted by Gasteiger charge is -2.18. The summed E-state index contributed by atoms with van der Waals surface area (Å²) < 4.78 is 0. The number of aromatic nitrogens is 1. The Morgan fingerprint density at radius 2 is 2.23 bits per heavy atom. The van der Waals surface area contributed by atoms with Gasteiger partial charge in [0.05, 0.1) is 0 Å². The van der Waals surface area contributed by atoms with Gasteiger partial charge in [0.15, 0.2) is 0 Å². The molecule has 0 amide bonds. The SMILES string of the molecule is CC(C)C(Cc1ccccn1)NN. The molecule has 13 heavy (non-hydrogen) atoms. The smallest absolute Gasteiger partial charge is 0.0419 e. The van der Waals surface area contributed by atoms with Gasteiger partial charge in [0.1, 0.15) is 0 Å². The second-order valence-corrected chi connectivity index (χ2v) is 3.54. The highest BCUT2D eigenvalue weighted by Crippen LogP contribution is 2.06. The summed E-state index contributed by atoms with van der Waals surface area (Å²) >= 11 is 0. The lowest BCUT2D eigenvalue weighted by atomic mass is 10.00. The summed E-state index contributed by atoms with van der Waals surface area (Å²) in [6.45, 7) is 4.29. The number of nitrogens with one attached hydrogen (secondary N) is 1. The Morgan fingerprint density at radius 3 is 2.69 bits per heavy atom. The Hall–Kier alpha value is -0.930. The average molecular weight is 179 g/mol. The Morgan fingerprint density at radius 1 is 1.46 bits per heavy atom. The van der Waals surface area contributed by atoms with Crippen molar-refractivity contribution in [2.45, 2.75) is 26.3 Å². The number of hydrogen-bond acceptors (Lipinski definition) is 3. The van der Waals surface area contributed by atoms with Crippen LogP contribution in [0.1, 0.15) is 19.5 Å². The van der Waals surface area contributed by atoms with Crippen LogP contribution in [0, 0.1) is 5.92 Å². The zero-order chi connectivity index (χ0) is 9.68. The van der Waals surface area contributed by atoms with E-state index in [0.717, 1.165) is 12.1 Å². The number of rotatable bonds is 4. The lowest BCUT2D eigenvalue weighted by Crippen LogP contribution is -2.40. The van der Waals surface area contributed by atoms with E-state index >= 15 is 0 Å². The molecule has 0 aliphatic rings. The van der Waals surface area contributed by atoms with E-state index in [1.54, 1.807) is 0 Å². The van der Waals surface area contributed by atoms with Crippen molar-refractivity contribution in [2.24, 2.45) is 11.8 Å². The van der Waals surface area contributed by atoms with E-state index in [4.69, 9.17) is 5.84 Å². The molecule has 1 atom stereocenters. The predicted octanol–water partition coefficient (Wildman–Crippen LogP) is 1.11. The molecule has 1 rings (SSSR count). The fourth-order valence-corrected chi connectivity index (χ4v) is 1.23. The van der Waals surface area contributed by atoms with Crippen molar-refractivity contribution < 1.29 is 0 Å². The molecular weight excluding hydrogens is 162 g/mol. The number of hydrazine groups is 1. The second kappa shape index (κ2) is 4.94. The first-order chi connectivity index (χ1) is 6.24. The predicted molar refractivity (Wildman–Crippen MR) is 53.9 cm³/mol. The molecule has 0 aliphatic carbocycles. The minimum Gasteiger partial charge on any atom is -0.271 e. The van der Waals surface area contributed by atoms with Crippen LogP contribution < -0.4 is 11.3 Å². The van der Waals surface area contributed by atoms with E-state index in [9.17, 15) is 0 Å². The summed E-state index contributed by atoms with van der Waals surface area (Å²) in [7, 11) is 0. The van der Waals surface area contributed by atoms with Gasteiger partial charge in [0.2, 0.25) is 0 Å². The molecule has 3 heteroatoms. The van der Waals surface area contributed by atoms with Gasteiger partial charge in [-0.25, -0.2) is 0 Å². The molecule has 0 aliphatic heterocycles. The molecule has 0 aromatic carbocycles. The fraction of sp³-hybridized carbons (Fsp3) is 0.500. The maximum Gasteiger partial charge on any atom is 0.0419 e. The van der Waals surface area contributed by atoms with E-state index in [-0.39, 0.29) is 0 Å². The summed E-state index contributed by atoms with van der Waals surface area (Å²) in [5.41, 5.74) is 3.89. The zero-order valence-electron chi connectivity index (χ0n) is 8.20. The van der Waals surface area contributed by atoms with Crippen LogP contribution in [0.4, 0.5) is 0 Å². The molecule has 3 N–H and O–H groups in total. The summed E-state index contributed by atoms with van der Waals surface area (Å²) in [6.07, 6.45) is 2.69. The van der Waals surface area contributed by atoms with Crippen molar-refractivity contribution >= 4 is 0 Å². The third-order valence-corrected chi connectivity index (χ3v) is 2.17. The number of nitrogens with zero attached hydrogens (tertiary/aromatic N) is 1. The van der Waals surface area contributed by atoms with E-state index in [0.29, 0.717) is 12.0 Å². The average Bonchev–Trinajstić information content (AvgIpc) is 2.15. The van der Waals surface area contributed by atoms with E-state index in [2.05, 4.69) is 24.3 Å². The molecular formula is C10H17N3. The van der Waals surface area contributed by atoms with Crippen LogP contribution in [0.25, 0.3) is 0 Å². The van der Waals surface area contributed by atoms with Crippen molar-refractivity contribution in [3.05, 3.63) is 30.1 Å². The second-order valence-electron chi connectivity index (χ2n) is 3.54. The van der Waals surface area contributed by atoms with Crippen molar-refractivity contribution in [1.82, 2.24) is 10.4 Å². The van der Waals surface area contributed by atoms with Crippen molar-refractivity contribution in [3.63, 3.8) is 0 Å². The van der Waals surface area contributed by atoms with Crippen LogP contribution in [0.2, 0.25) is 0 Å². The highest BCUT2D eigenvalue weighted by molar-refractivity contribution is 5.05. The number of hydrogen-bond donors (Lipinski definition) is 2. The van der Waals surface area contributed by atoms with E-state index < -0.39 is 0 Å². The fourth-order valence-electron chi connectivity index (χ4n) is 1.23. The Bertz CT molecular complexity index is 233. The minimum atomic E-state index is 0.301. The van der Waals surface area contributed by atoms with Crippen LogP contribution in [0.5, 0.6) is 0 Å². The molecule has 1 aromatic rings. The first-order valence-electron chi connectivity index (χ1n) is 4.60. The molecule has 0 radical (unpaired) electrons. The van der Waals surface area contributed by atoms with E-state index in [1.165, 1.54) is 0 Å². The van der Waals surface area contributed by atoms with Crippen LogP contribution in [0.3, 0.4) is 0 Å².